The van der Waals surface area contributed by atoms with Gasteiger partial charge in [0.15, 0.2) is 11.5 Å². The highest BCUT2D eigenvalue weighted by Gasteiger charge is 2.27. The lowest BCUT2D eigenvalue weighted by Crippen LogP contribution is -3.29. The van der Waals surface area contributed by atoms with Crippen molar-refractivity contribution < 1.29 is 19.3 Å². The molecule has 0 unspecified atom stereocenters. The van der Waals surface area contributed by atoms with Crippen LogP contribution >= 0.6 is 0 Å². The Balaban J connectivity index is 1.90. The molecule has 1 heterocycles. The van der Waals surface area contributed by atoms with Gasteiger partial charge in [-0.1, -0.05) is 13.8 Å². The Hall–Kier alpha value is -1.26. The van der Waals surface area contributed by atoms with Gasteiger partial charge >= 0.3 is 0 Å². The molecule has 1 aliphatic heterocycles. The largest absolute Gasteiger partial charge is 0.493 e. The normalized spacial score (nSPS) is 21.9. The zero-order valence-corrected chi connectivity index (χ0v) is 14.6. The molecule has 2 rings (SSSR count). The van der Waals surface area contributed by atoms with Gasteiger partial charge in [0, 0.05) is 5.56 Å². The van der Waals surface area contributed by atoms with Crippen LogP contribution in [0.4, 0.5) is 0 Å². The molecule has 0 aromatic heterocycles. The van der Waals surface area contributed by atoms with Crippen molar-refractivity contribution in [2.75, 3.05) is 40.4 Å². The van der Waals surface area contributed by atoms with Gasteiger partial charge in [-0.2, -0.15) is 0 Å². The molecule has 2 N–H and O–H groups in total. The summed E-state index contributed by atoms with van der Waals surface area (Å²) in [5.74, 6) is 1.64. The fourth-order valence-corrected chi connectivity index (χ4v) is 3.65. The van der Waals surface area contributed by atoms with Gasteiger partial charge in [0.05, 0.1) is 20.3 Å². The fourth-order valence-electron chi connectivity index (χ4n) is 3.65. The van der Waals surface area contributed by atoms with Crippen molar-refractivity contribution >= 4 is 0 Å². The van der Waals surface area contributed by atoms with E-state index in [9.17, 15) is 0 Å². The summed E-state index contributed by atoms with van der Waals surface area (Å²) in [4.78, 5) is 3.49. The summed E-state index contributed by atoms with van der Waals surface area (Å²) in [7, 11) is 3.38. The number of rotatable bonds is 7. The van der Waals surface area contributed by atoms with E-state index in [0.29, 0.717) is 0 Å². The molecule has 0 amide bonds. The molecule has 1 aromatic rings. The van der Waals surface area contributed by atoms with Gasteiger partial charge in [-0.25, -0.2) is 0 Å². The topological polar surface area (TPSA) is 27.3 Å². The first-order valence-corrected chi connectivity index (χ1v) is 8.60. The third-order valence-corrected chi connectivity index (χ3v) is 5.06. The van der Waals surface area contributed by atoms with Crippen LogP contribution in [-0.4, -0.2) is 46.4 Å². The predicted octanol–water partition coefficient (Wildman–Crippen LogP) is 0.176. The Kier molecular flexibility index (Phi) is 6.52. The van der Waals surface area contributed by atoms with Crippen LogP contribution in [0.1, 0.15) is 32.3 Å². The summed E-state index contributed by atoms with van der Waals surface area (Å²) < 4.78 is 10.7. The number of benzene rings is 1. The lowest BCUT2D eigenvalue weighted by molar-refractivity contribution is -1.03. The molecule has 0 spiro atoms. The minimum absolute atomic E-state index is 0.809. The van der Waals surface area contributed by atoms with E-state index in [2.05, 4.69) is 26.0 Å². The van der Waals surface area contributed by atoms with Gasteiger partial charge in [-0.3, -0.25) is 0 Å². The van der Waals surface area contributed by atoms with Crippen LogP contribution < -0.4 is 19.3 Å². The first-order chi connectivity index (χ1) is 10.7. The molecule has 0 aliphatic carbocycles. The van der Waals surface area contributed by atoms with Crippen molar-refractivity contribution in [1.82, 2.24) is 0 Å². The second-order valence-corrected chi connectivity index (χ2v) is 6.29. The molecule has 0 atom stereocenters. The molecule has 4 heteroatoms. The minimum atomic E-state index is 0.809. The Bertz CT molecular complexity index is 452. The molecule has 0 bridgehead atoms. The van der Waals surface area contributed by atoms with Gasteiger partial charge in [-0.05, 0) is 31.0 Å². The highest BCUT2D eigenvalue weighted by Crippen LogP contribution is 2.27. The molecular formula is C18H32N2O2+2. The average Bonchev–Trinajstić information content (AvgIpc) is 2.57. The monoisotopic (exact) mass is 308 g/mol. The maximum Gasteiger partial charge on any atom is 0.161 e. The van der Waals surface area contributed by atoms with E-state index in [1.807, 2.05) is 6.07 Å². The number of ether oxygens (including phenoxy) is 2. The van der Waals surface area contributed by atoms with E-state index in [0.717, 1.165) is 24.1 Å². The lowest BCUT2D eigenvalue weighted by atomic mass is 10.1. The van der Waals surface area contributed by atoms with Gasteiger partial charge in [0.25, 0.3) is 0 Å². The fraction of sp³-hybridized carbons (Fsp3) is 0.667. The summed E-state index contributed by atoms with van der Waals surface area (Å²) in [5, 5.41) is 0. The second-order valence-electron chi connectivity index (χ2n) is 6.29. The number of nitrogens with one attached hydrogen (secondary N) is 2. The standard InChI is InChI=1S/C18H30N2O2/c1-5-16(6-2)20-11-9-19(10-12-20)14-15-7-8-17(21-3)18(13-15)22-4/h7-8,13,16H,5-6,9-12,14H2,1-4H3/p+2. The van der Waals surface area contributed by atoms with Crippen molar-refractivity contribution in [3.8, 4) is 11.5 Å². The number of hydrogen-bond acceptors (Lipinski definition) is 2. The van der Waals surface area contributed by atoms with Crippen LogP contribution in [0.3, 0.4) is 0 Å². The van der Waals surface area contributed by atoms with Crippen LogP contribution in [0.2, 0.25) is 0 Å². The van der Waals surface area contributed by atoms with E-state index in [1.54, 1.807) is 24.0 Å². The Morgan fingerprint density at radius 1 is 0.955 bits per heavy atom. The van der Waals surface area contributed by atoms with Crippen LogP contribution in [-0.2, 0) is 6.54 Å². The first kappa shape index (κ1) is 17.1. The van der Waals surface area contributed by atoms with Crippen molar-refractivity contribution in [1.29, 1.82) is 0 Å². The van der Waals surface area contributed by atoms with Gasteiger partial charge in [-0.15, -0.1) is 0 Å². The van der Waals surface area contributed by atoms with E-state index in [4.69, 9.17) is 9.47 Å². The van der Waals surface area contributed by atoms with Crippen molar-refractivity contribution in [2.24, 2.45) is 0 Å². The molecule has 1 aliphatic rings. The van der Waals surface area contributed by atoms with Crippen LogP contribution in [0.15, 0.2) is 18.2 Å². The minimum Gasteiger partial charge on any atom is -0.493 e. The highest BCUT2D eigenvalue weighted by atomic mass is 16.5. The summed E-state index contributed by atoms with van der Waals surface area (Å²) in [6.45, 7) is 10.9. The summed E-state index contributed by atoms with van der Waals surface area (Å²) in [6, 6.07) is 7.14. The van der Waals surface area contributed by atoms with E-state index in [1.165, 1.54) is 44.6 Å². The molecule has 1 aromatic carbocycles. The smallest absolute Gasteiger partial charge is 0.161 e. The highest BCUT2D eigenvalue weighted by molar-refractivity contribution is 5.42. The molecule has 124 valence electrons. The first-order valence-electron chi connectivity index (χ1n) is 8.60. The van der Waals surface area contributed by atoms with Crippen LogP contribution in [0, 0.1) is 0 Å². The van der Waals surface area contributed by atoms with E-state index >= 15 is 0 Å². The molecule has 1 saturated heterocycles. The van der Waals surface area contributed by atoms with Crippen molar-refractivity contribution in [3.63, 3.8) is 0 Å². The Morgan fingerprint density at radius 2 is 1.59 bits per heavy atom. The van der Waals surface area contributed by atoms with E-state index in [-0.39, 0.29) is 0 Å². The summed E-state index contributed by atoms with van der Waals surface area (Å²) in [6.07, 6.45) is 2.60. The summed E-state index contributed by atoms with van der Waals surface area (Å²) >= 11 is 0. The molecule has 4 nitrogen and oxygen atoms in total. The number of piperazine rings is 1. The zero-order chi connectivity index (χ0) is 15.9. The van der Waals surface area contributed by atoms with Gasteiger partial charge in [0.2, 0.25) is 0 Å². The Morgan fingerprint density at radius 3 is 2.14 bits per heavy atom. The molecule has 1 fully saturated rings. The third-order valence-electron chi connectivity index (χ3n) is 5.06. The zero-order valence-electron chi connectivity index (χ0n) is 14.6. The van der Waals surface area contributed by atoms with E-state index < -0.39 is 0 Å². The molecule has 22 heavy (non-hydrogen) atoms. The predicted molar refractivity (Wildman–Crippen MR) is 89.0 cm³/mol. The lowest BCUT2D eigenvalue weighted by Gasteiger charge is -2.34. The van der Waals surface area contributed by atoms with Crippen molar-refractivity contribution in [2.45, 2.75) is 39.3 Å². The second kappa shape index (κ2) is 8.39. The maximum absolute atomic E-state index is 5.41. The van der Waals surface area contributed by atoms with Crippen LogP contribution in [0.5, 0.6) is 11.5 Å². The Labute approximate surface area is 135 Å². The average molecular weight is 308 g/mol. The molecule has 0 saturated carbocycles. The quantitative estimate of drug-likeness (QED) is 0.752. The van der Waals surface area contributed by atoms with Gasteiger partial charge < -0.3 is 19.3 Å². The molecule has 0 radical (unpaired) electrons. The number of methoxy groups -OCH3 is 2. The van der Waals surface area contributed by atoms with Gasteiger partial charge in [0.1, 0.15) is 32.7 Å². The third kappa shape index (κ3) is 4.14. The number of quaternary nitrogens is 2. The maximum atomic E-state index is 5.41. The summed E-state index contributed by atoms with van der Waals surface area (Å²) in [5.41, 5.74) is 1.33. The molecular weight excluding hydrogens is 276 g/mol. The van der Waals surface area contributed by atoms with Crippen LogP contribution in [0.25, 0.3) is 0 Å². The van der Waals surface area contributed by atoms with Crippen molar-refractivity contribution in [3.05, 3.63) is 23.8 Å². The number of hydrogen-bond donors (Lipinski definition) is 2. The SMILES string of the molecule is CCC(CC)[NH+]1CC[NH+](Cc2ccc(OC)c(OC)c2)CC1.